The lowest BCUT2D eigenvalue weighted by molar-refractivity contribution is -0.135. The van der Waals surface area contributed by atoms with Crippen molar-refractivity contribution in [2.24, 2.45) is 0 Å². The number of carbonyl (C=O) groups excluding carboxylic acids is 2. The fraction of sp³-hybridized carbons (Fsp3) is 0.214. The van der Waals surface area contributed by atoms with Crippen LogP contribution in [0.5, 0.6) is 34.5 Å². The zero-order valence-electron chi connectivity index (χ0n) is 20.2. The number of rotatable bonds is 6. The van der Waals surface area contributed by atoms with Crippen molar-refractivity contribution in [2.45, 2.75) is 12.3 Å². The molecular weight excluding hydrogens is 464 g/mol. The van der Waals surface area contributed by atoms with E-state index in [2.05, 4.69) is 0 Å². The molecule has 36 heavy (non-hydrogen) atoms. The van der Waals surface area contributed by atoms with Gasteiger partial charge in [0.1, 0.15) is 17.2 Å². The van der Waals surface area contributed by atoms with Gasteiger partial charge in [0.2, 0.25) is 11.5 Å². The summed E-state index contributed by atoms with van der Waals surface area (Å²) >= 11 is 0. The first kappa shape index (κ1) is 23.3. The summed E-state index contributed by atoms with van der Waals surface area (Å²) in [7, 11) is 6.17. The first-order valence-corrected chi connectivity index (χ1v) is 11.2. The molecule has 0 bridgehead atoms. The summed E-state index contributed by atoms with van der Waals surface area (Å²) in [5, 5.41) is 0. The smallest absolute Gasteiger partial charge is 0.312 e. The minimum Gasteiger partial charge on any atom is -0.497 e. The Morgan fingerprint density at radius 2 is 1.53 bits per heavy atom. The third-order valence-electron chi connectivity index (χ3n) is 6.28. The van der Waals surface area contributed by atoms with E-state index in [1.54, 1.807) is 49.6 Å². The Balaban J connectivity index is 1.61. The average molecular weight is 488 g/mol. The van der Waals surface area contributed by atoms with E-state index in [9.17, 15) is 9.59 Å². The Kier molecular flexibility index (Phi) is 6.01. The molecule has 0 saturated carbocycles. The average Bonchev–Trinajstić information content (AvgIpc) is 3.22. The molecule has 3 aromatic rings. The Morgan fingerprint density at radius 1 is 0.833 bits per heavy atom. The van der Waals surface area contributed by atoms with Crippen LogP contribution in [0.25, 0.3) is 6.08 Å². The lowest BCUT2D eigenvalue weighted by atomic mass is 9.84. The Bertz CT molecular complexity index is 1360. The molecule has 0 saturated heterocycles. The van der Waals surface area contributed by atoms with Crippen LogP contribution in [0, 0.1) is 0 Å². The summed E-state index contributed by atoms with van der Waals surface area (Å²) in [6.45, 7) is 0. The molecule has 0 aliphatic carbocycles. The van der Waals surface area contributed by atoms with E-state index in [-0.39, 0.29) is 23.9 Å². The van der Waals surface area contributed by atoms with Crippen molar-refractivity contribution in [3.05, 3.63) is 76.5 Å². The fourth-order valence-electron chi connectivity index (χ4n) is 4.54. The van der Waals surface area contributed by atoms with Crippen LogP contribution in [0.4, 0.5) is 0 Å². The number of hydrogen-bond acceptors (Lipinski definition) is 8. The van der Waals surface area contributed by atoms with Gasteiger partial charge in [0, 0.05) is 11.5 Å². The Labute approximate surface area is 207 Å². The number of allylic oxidation sites excluding steroid dienone is 1. The Hall–Kier alpha value is -4.46. The number of Topliss-reactive ketones (excluding diaryl/α,β-unsaturated/α-hetero) is 1. The van der Waals surface area contributed by atoms with Gasteiger partial charge in [-0.05, 0) is 53.6 Å². The van der Waals surface area contributed by atoms with Crippen LogP contribution in [0.3, 0.4) is 0 Å². The van der Waals surface area contributed by atoms with Crippen molar-refractivity contribution >= 4 is 17.8 Å². The van der Waals surface area contributed by atoms with Crippen LogP contribution in [0.2, 0.25) is 0 Å². The van der Waals surface area contributed by atoms with Crippen molar-refractivity contribution in [3.63, 3.8) is 0 Å². The number of fused-ring (bicyclic) bond motifs is 3. The molecule has 0 amide bonds. The van der Waals surface area contributed by atoms with Gasteiger partial charge in [0.05, 0.1) is 40.4 Å². The van der Waals surface area contributed by atoms with Crippen molar-refractivity contribution in [2.75, 3.05) is 28.4 Å². The maximum Gasteiger partial charge on any atom is 0.312 e. The molecule has 184 valence electrons. The second-order valence-corrected chi connectivity index (χ2v) is 8.26. The van der Waals surface area contributed by atoms with Crippen molar-refractivity contribution in [1.29, 1.82) is 0 Å². The summed E-state index contributed by atoms with van der Waals surface area (Å²) in [5.41, 5.74) is 2.55. The van der Waals surface area contributed by atoms with Crippen LogP contribution >= 0.6 is 0 Å². The molecule has 2 heterocycles. The number of hydrogen-bond donors (Lipinski definition) is 0. The number of ketones is 1. The van der Waals surface area contributed by atoms with Gasteiger partial charge in [-0.1, -0.05) is 12.1 Å². The molecule has 0 N–H and O–H groups in total. The van der Waals surface area contributed by atoms with Gasteiger partial charge in [-0.2, -0.15) is 0 Å². The standard InChI is InChI=1S/C28H24O8/c1-31-17-7-5-15(6-8-17)11-21-26(30)18-9-10-20-25(27(18)36-21)19(14-24(29)35-20)16-12-22(32-2)28(34-4)23(13-16)33-3/h5-13,19H,14H2,1-4H3. The summed E-state index contributed by atoms with van der Waals surface area (Å²) in [5.74, 6) is 1.88. The summed E-state index contributed by atoms with van der Waals surface area (Å²) < 4.78 is 33.3. The molecule has 8 heteroatoms. The highest BCUT2D eigenvalue weighted by Crippen LogP contribution is 2.51. The Morgan fingerprint density at radius 3 is 2.14 bits per heavy atom. The predicted molar refractivity (Wildman–Crippen MR) is 131 cm³/mol. The fourth-order valence-corrected chi connectivity index (χ4v) is 4.54. The first-order valence-electron chi connectivity index (χ1n) is 11.2. The van der Waals surface area contributed by atoms with Gasteiger partial charge < -0.3 is 28.4 Å². The molecular formula is C28H24O8. The molecule has 2 aliphatic rings. The number of ether oxygens (including phenoxy) is 6. The van der Waals surface area contributed by atoms with Gasteiger partial charge in [-0.15, -0.1) is 0 Å². The van der Waals surface area contributed by atoms with Crippen LogP contribution in [0.15, 0.2) is 54.3 Å². The zero-order chi connectivity index (χ0) is 25.4. The summed E-state index contributed by atoms with van der Waals surface area (Å²) in [6.07, 6.45) is 1.73. The molecule has 0 radical (unpaired) electrons. The van der Waals surface area contributed by atoms with E-state index in [0.29, 0.717) is 45.6 Å². The van der Waals surface area contributed by atoms with Crippen molar-refractivity contribution in [3.8, 4) is 34.5 Å². The van der Waals surface area contributed by atoms with E-state index >= 15 is 0 Å². The highest BCUT2D eigenvalue weighted by Gasteiger charge is 2.39. The molecule has 2 aliphatic heterocycles. The lowest BCUT2D eigenvalue weighted by Crippen LogP contribution is -2.21. The predicted octanol–water partition coefficient (Wildman–Crippen LogP) is 4.78. The first-order chi connectivity index (χ1) is 17.5. The SMILES string of the molecule is COc1ccc(C=C2Oc3c(ccc4c3C(c3cc(OC)c(OC)c(OC)c3)CC(=O)O4)C2=O)cc1. The van der Waals surface area contributed by atoms with Crippen LogP contribution in [-0.2, 0) is 4.79 Å². The quantitative estimate of drug-likeness (QED) is 0.278. The largest absolute Gasteiger partial charge is 0.497 e. The second-order valence-electron chi connectivity index (χ2n) is 8.26. The molecule has 0 aromatic heterocycles. The summed E-state index contributed by atoms with van der Waals surface area (Å²) in [6, 6.07) is 14.1. The van der Waals surface area contributed by atoms with Gasteiger partial charge >= 0.3 is 5.97 Å². The van der Waals surface area contributed by atoms with Crippen LogP contribution in [0.1, 0.15) is 39.4 Å². The normalized spacial score (nSPS) is 17.1. The van der Waals surface area contributed by atoms with Gasteiger partial charge in [-0.3, -0.25) is 9.59 Å². The van der Waals surface area contributed by atoms with Crippen molar-refractivity contribution < 1.29 is 38.0 Å². The van der Waals surface area contributed by atoms with Gasteiger partial charge in [0.25, 0.3) is 0 Å². The molecule has 1 atom stereocenters. The molecule has 8 nitrogen and oxygen atoms in total. The number of esters is 1. The maximum absolute atomic E-state index is 13.2. The topological polar surface area (TPSA) is 89.5 Å². The molecule has 0 fully saturated rings. The monoisotopic (exact) mass is 488 g/mol. The van der Waals surface area contributed by atoms with E-state index in [1.807, 2.05) is 12.1 Å². The number of carbonyl (C=O) groups is 2. The minimum absolute atomic E-state index is 0.0527. The number of methoxy groups -OCH3 is 4. The van der Waals surface area contributed by atoms with E-state index in [0.717, 1.165) is 11.1 Å². The van der Waals surface area contributed by atoms with Crippen LogP contribution in [-0.4, -0.2) is 40.2 Å². The number of benzene rings is 3. The van der Waals surface area contributed by atoms with Crippen molar-refractivity contribution in [1.82, 2.24) is 0 Å². The van der Waals surface area contributed by atoms with E-state index < -0.39 is 5.92 Å². The highest BCUT2D eigenvalue weighted by molar-refractivity contribution is 6.15. The summed E-state index contributed by atoms with van der Waals surface area (Å²) in [4.78, 5) is 25.7. The highest BCUT2D eigenvalue weighted by atomic mass is 16.5. The zero-order valence-corrected chi connectivity index (χ0v) is 20.2. The lowest BCUT2D eigenvalue weighted by Gasteiger charge is -2.27. The van der Waals surface area contributed by atoms with Gasteiger partial charge in [0.15, 0.2) is 17.3 Å². The molecule has 3 aromatic carbocycles. The maximum atomic E-state index is 13.2. The molecule has 0 spiro atoms. The van der Waals surface area contributed by atoms with Gasteiger partial charge in [-0.25, -0.2) is 0 Å². The third kappa shape index (κ3) is 3.90. The molecule has 5 rings (SSSR count). The molecule has 1 unspecified atom stereocenters. The second kappa shape index (κ2) is 9.30. The van der Waals surface area contributed by atoms with E-state index in [4.69, 9.17) is 28.4 Å². The third-order valence-corrected chi connectivity index (χ3v) is 6.28. The minimum atomic E-state index is -0.460. The van der Waals surface area contributed by atoms with E-state index in [1.165, 1.54) is 21.3 Å². The van der Waals surface area contributed by atoms with Crippen LogP contribution < -0.4 is 28.4 Å².